The Hall–Kier alpha value is -2.11. The number of phenols is 2. The fourth-order valence-electron chi connectivity index (χ4n) is 1.95. The highest BCUT2D eigenvalue weighted by atomic mass is 16.5. The van der Waals surface area contributed by atoms with E-state index in [2.05, 4.69) is 12.1 Å². The number of esters is 1. The highest BCUT2D eigenvalue weighted by molar-refractivity contribution is 5.91. The van der Waals surface area contributed by atoms with Gasteiger partial charge in [-0.3, -0.25) is 0 Å². The van der Waals surface area contributed by atoms with Crippen molar-refractivity contribution < 1.29 is 19.7 Å². The Balaban J connectivity index is 2.41. The Morgan fingerprint density at radius 2 is 1.67 bits per heavy atom. The molecular weight excluding hydrogens is 274 g/mol. The number of carbonyl (C=O) groups is 1. The maximum absolute atomic E-state index is 11.7. The molecule has 0 aromatic heterocycles. The second kappa shape index (κ2) is 8.94. The second-order valence-electron chi connectivity index (χ2n) is 4.86. The van der Waals surface area contributed by atoms with Crippen LogP contribution in [0.25, 0.3) is 0 Å². The summed E-state index contributed by atoms with van der Waals surface area (Å²) < 4.78 is 5.05. The van der Waals surface area contributed by atoms with Gasteiger partial charge >= 0.3 is 5.97 Å². The van der Waals surface area contributed by atoms with Crippen LogP contribution in [0, 0.1) is 4.91 Å². The lowest BCUT2D eigenvalue weighted by Gasteiger charge is -2.07. The average Bonchev–Trinajstić information content (AvgIpc) is 2.45. The SMILES string of the molecule is CCCCCCCCOC(=O)c1cc(O)c(N=O)c(O)c1. The summed E-state index contributed by atoms with van der Waals surface area (Å²) in [5, 5.41) is 21.4. The Morgan fingerprint density at radius 1 is 1.10 bits per heavy atom. The fraction of sp³-hybridized carbons (Fsp3) is 0.533. The van der Waals surface area contributed by atoms with Crippen molar-refractivity contribution in [2.75, 3.05) is 6.61 Å². The number of ether oxygens (including phenoxy) is 1. The quantitative estimate of drug-likeness (QED) is 0.407. The van der Waals surface area contributed by atoms with Gasteiger partial charge in [0.1, 0.15) is 11.5 Å². The summed E-state index contributed by atoms with van der Waals surface area (Å²) in [7, 11) is 0. The fourth-order valence-corrected chi connectivity index (χ4v) is 1.95. The van der Waals surface area contributed by atoms with Crippen LogP contribution in [0.3, 0.4) is 0 Å². The summed E-state index contributed by atoms with van der Waals surface area (Å²) in [6.45, 7) is 2.44. The number of hydrogen-bond donors (Lipinski definition) is 2. The molecule has 116 valence electrons. The molecule has 0 amide bonds. The van der Waals surface area contributed by atoms with E-state index in [0.29, 0.717) is 6.61 Å². The lowest BCUT2D eigenvalue weighted by atomic mass is 10.1. The number of nitroso groups, excluding NO2 is 1. The first kappa shape index (κ1) is 16.9. The number of rotatable bonds is 9. The third kappa shape index (κ3) is 5.41. The van der Waals surface area contributed by atoms with Gasteiger partial charge in [0.15, 0.2) is 5.69 Å². The van der Waals surface area contributed by atoms with Crippen molar-refractivity contribution >= 4 is 11.7 Å². The van der Waals surface area contributed by atoms with Crippen LogP contribution in [0.5, 0.6) is 11.5 Å². The normalized spacial score (nSPS) is 10.3. The minimum absolute atomic E-state index is 0.0108. The van der Waals surface area contributed by atoms with Gasteiger partial charge in [0.05, 0.1) is 12.2 Å². The molecule has 6 heteroatoms. The molecule has 0 aliphatic heterocycles. The van der Waals surface area contributed by atoms with E-state index in [1.165, 1.54) is 19.3 Å². The van der Waals surface area contributed by atoms with Crippen LogP contribution in [-0.4, -0.2) is 22.8 Å². The van der Waals surface area contributed by atoms with Gasteiger partial charge < -0.3 is 14.9 Å². The molecule has 0 radical (unpaired) electrons. The highest BCUT2D eigenvalue weighted by Crippen LogP contribution is 2.36. The van der Waals surface area contributed by atoms with Gasteiger partial charge in [-0.1, -0.05) is 39.0 Å². The molecule has 0 heterocycles. The first-order valence-electron chi connectivity index (χ1n) is 7.16. The van der Waals surface area contributed by atoms with Crippen LogP contribution in [-0.2, 0) is 4.74 Å². The first-order chi connectivity index (χ1) is 10.1. The minimum atomic E-state index is -0.647. The van der Waals surface area contributed by atoms with Gasteiger partial charge in [-0.2, -0.15) is 0 Å². The standard InChI is InChI=1S/C15H21NO5/c1-2-3-4-5-6-7-8-21-15(19)11-9-12(17)14(16-20)13(18)10-11/h9-10,17-18H,2-8H2,1H3. The van der Waals surface area contributed by atoms with E-state index >= 15 is 0 Å². The Labute approximate surface area is 123 Å². The predicted molar refractivity (Wildman–Crippen MR) is 78.9 cm³/mol. The van der Waals surface area contributed by atoms with Crippen LogP contribution in [0.2, 0.25) is 0 Å². The summed E-state index contributed by atoms with van der Waals surface area (Å²) in [4.78, 5) is 22.1. The van der Waals surface area contributed by atoms with Gasteiger partial charge in [-0.05, 0) is 23.7 Å². The monoisotopic (exact) mass is 295 g/mol. The summed E-state index contributed by atoms with van der Waals surface area (Å²) in [6.07, 6.45) is 6.49. The molecule has 0 saturated heterocycles. The zero-order valence-corrected chi connectivity index (χ0v) is 12.2. The zero-order chi connectivity index (χ0) is 15.7. The maximum Gasteiger partial charge on any atom is 0.338 e. The molecule has 21 heavy (non-hydrogen) atoms. The van der Waals surface area contributed by atoms with E-state index in [1.54, 1.807) is 0 Å². The predicted octanol–water partition coefficient (Wildman–Crippen LogP) is 4.01. The number of carbonyl (C=O) groups excluding carboxylic acids is 1. The Kier molecular flexibility index (Phi) is 7.21. The van der Waals surface area contributed by atoms with Crippen LogP contribution in [0.15, 0.2) is 17.3 Å². The minimum Gasteiger partial charge on any atom is -0.505 e. The molecule has 0 fully saturated rings. The molecule has 0 aliphatic rings. The molecule has 1 aromatic carbocycles. The van der Waals surface area contributed by atoms with Crippen molar-refractivity contribution in [3.63, 3.8) is 0 Å². The number of nitrogens with zero attached hydrogens (tertiary/aromatic N) is 1. The third-order valence-electron chi connectivity index (χ3n) is 3.13. The van der Waals surface area contributed by atoms with E-state index in [4.69, 9.17) is 4.74 Å². The van der Waals surface area contributed by atoms with Crippen molar-refractivity contribution in [2.24, 2.45) is 5.18 Å². The van der Waals surface area contributed by atoms with E-state index < -0.39 is 23.2 Å². The van der Waals surface area contributed by atoms with Crippen molar-refractivity contribution in [1.29, 1.82) is 0 Å². The van der Waals surface area contributed by atoms with Gasteiger partial charge in [-0.15, -0.1) is 4.91 Å². The van der Waals surface area contributed by atoms with Crippen molar-refractivity contribution in [2.45, 2.75) is 45.4 Å². The highest BCUT2D eigenvalue weighted by Gasteiger charge is 2.15. The molecule has 0 unspecified atom stereocenters. The van der Waals surface area contributed by atoms with Crippen LogP contribution < -0.4 is 0 Å². The number of phenolic OH excluding ortho intramolecular Hbond substituents is 2. The Bertz CT molecular complexity index is 464. The van der Waals surface area contributed by atoms with E-state index in [-0.39, 0.29) is 5.56 Å². The molecule has 0 bridgehead atoms. The number of unbranched alkanes of at least 4 members (excludes halogenated alkanes) is 5. The number of aromatic hydroxyl groups is 2. The average molecular weight is 295 g/mol. The molecule has 0 aliphatic carbocycles. The van der Waals surface area contributed by atoms with Gasteiger partial charge in [-0.25, -0.2) is 4.79 Å². The molecule has 0 atom stereocenters. The number of hydrogen-bond acceptors (Lipinski definition) is 6. The van der Waals surface area contributed by atoms with Crippen LogP contribution in [0.4, 0.5) is 5.69 Å². The maximum atomic E-state index is 11.7. The van der Waals surface area contributed by atoms with Crippen molar-refractivity contribution in [1.82, 2.24) is 0 Å². The van der Waals surface area contributed by atoms with Gasteiger partial charge in [0, 0.05) is 0 Å². The molecule has 1 rings (SSSR count). The zero-order valence-electron chi connectivity index (χ0n) is 12.2. The van der Waals surface area contributed by atoms with Gasteiger partial charge in [0.25, 0.3) is 0 Å². The Morgan fingerprint density at radius 3 is 2.24 bits per heavy atom. The topological polar surface area (TPSA) is 96.2 Å². The third-order valence-corrected chi connectivity index (χ3v) is 3.13. The van der Waals surface area contributed by atoms with Gasteiger partial charge in [0.2, 0.25) is 0 Å². The summed E-state index contributed by atoms with van der Waals surface area (Å²) in [5.41, 5.74) is -0.495. The first-order valence-corrected chi connectivity index (χ1v) is 7.16. The smallest absolute Gasteiger partial charge is 0.338 e. The molecule has 2 N–H and O–H groups in total. The molecule has 0 saturated carbocycles. The lowest BCUT2D eigenvalue weighted by molar-refractivity contribution is 0.0497. The second-order valence-corrected chi connectivity index (χ2v) is 4.86. The summed E-state index contributed by atoms with van der Waals surface area (Å²) in [6, 6.07) is 2.11. The van der Waals surface area contributed by atoms with Crippen molar-refractivity contribution in [3.8, 4) is 11.5 Å². The molecule has 6 nitrogen and oxygen atoms in total. The largest absolute Gasteiger partial charge is 0.505 e. The molecular formula is C15H21NO5. The number of benzene rings is 1. The summed E-state index contributed by atoms with van der Waals surface area (Å²) in [5.74, 6) is -1.74. The summed E-state index contributed by atoms with van der Waals surface area (Å²) >= 11 is 0. The van der Waals surface area contributed by atoms with Crippen molar-refractivity contribution in [3.05, 3.63) is 22.6 Å². The lowest BCUT2D eigenvalue weighted by Crippen LogP contribution is -2.06. The van der Waals surface area contributed by atoms with Crippen LogP contribution in [0.1, 0.15) is 55.8 Å². The van der Waals surface area contributed by atoms with Crippen LogP contribution >= 0.6 is 0 Å². The van der Waals surface area contributed by atoms with E-state index in [1.807, 2.05) is 0 Å². The molecule has 1 aromatic rings. The molecule has 0 spiro atoms. The van der Waals surface area contributed by atoms with E-state index in [9.17, 15) is 19.9 Å². The van der Waals surface area contributed by atoms with E-state index in [0.717, 1.165) is 31.4 Å².